The van der Waals surface area contributed by atoms with Gasteiger partial charge >= 0.3 is 11.9 Å². The zero-order valence-corrected chi connectivity index (χ0v) is 13.9. The molecule has 0 aliphatic carbocycles. The number of benzene rings is 1. The summed E-state index contributed by atoms with van der Waals surface area (Å²) in [5.41, 5.74) is -0.406. The highest BCUT2D eigenvalue weighted by molar-refractivity contribution is 6.03. The Balaban J connectivity index is 2.90. The zero-order chi connectivity index (χ0) is 20.8. The normalized spacial score (nSPS) is 11.1. The lowest BCUT2D eigenvalue weighted by molar-refractivity contribution is 0.0438. The molecule has 0 aliphatic heterocycles. The van der Waals surface area contributed by atoms with Gasteiger partial charge in [-0.1, -0.05) is 12.1 Å². The van der Waals surface area contributed by atoms with E-state index in [1.807, 2.05) is 0 Å². The van der Waals surface area contributed by atoms with E-state index in [1.165, 1.54) is 24.3 Å². The van der Waals surface area contributed by atoms with Crippen LogP contribution < -0.4 is 0 Å². The van der Waals surface area contributed by atoms with E-state index in [1.54, 1.807) is 0 Å². The number of hydrogen-bond acceptors (Lipinski definition) is 12. The van der Waals surface area contributed by atoms with E-state index in [2.05, 4.69) is 20.0 Å². The molecule has 1 rings (SSSR count). The van der Waals surface area contributed by atoms with Gasteiger partial charge in [-0.2, -0.15) is 20.0 Å². The number of rotatable bonds is 10. The Morgan fingerprint density at radius 1 is 0.714 bits per heavy atom. The molecule has 0 aliphatic rings. The van der Waals surface area contributed by atoms with Gasteiger partial charge in [-0.25, -0.2) is 28.8 Å². The van der Waals surface area contributed by atoms with Crippen LogP contribution in [0.1, 0.15) is 20.7 Å². The predicted octanol–water partition coefficient (Wildman–Crippen LogP) is -0.00440. The molecule has 0 amide bonds. The van der Waals surface area contributed by atoms with Crippen LogP contribution >= 0.6 is 0 Å². The molecule has 0 aromatic heterocycles. The fourth-order valence-corrected chi connectivity index (χ4v) is 1.75. The monoisotopic (exact) mass is 386 g/mol. The van der Waals surface area contributed by atoms with Gasteiger partial charge in [-0.05, 0) is 12.1 Å². The molecule has 12 heteroatoms. The van der Waals surface area contributed by atoms with Crippen molar-refractivity contribution in [1.29, 1.82) is 0 Å². The Morgan fingerprint density at radius 3 is 1.32 bits per heavy atom. The molecule has 0 fully saturated rings. The van der Waals surface area contributed by atoms with Crippen LogP contribution in [0.25, 0.3) is 0 Å². The first kappa shape index (κ1) is 21.7. The van der Waals surface area contributed by atoms with E-state index in [9.17, 15) is 28.8 Å². The molecule has 0 bridgehead atoms. The van der Waals surface area contributed by atoms with Crippen molar-refractivity contribution in [1.82, 2.24) is 0 Å². The van der Waals surface area contributed by atoms with Crippen LogP contribution in [-0.2, 0) is 28.7 Å². The summed E-state index contributed by atoms with van der Waals surface area (Å²) < 4.78 is 9.71. The highest BCUT2D eigenvalue weighted by Crippen LogP contribution is 2.13. The van der Waals surface area contributed by atoms with Crippen LogP contribution in [-0.4, -0.2) is 61.8 Å². The number of hydrogen-bond donors (Lipinski definition) is 0. The van der Waals surface area contributed by atoms with Gasteiger partial charge in [0.2, 0.25) is 24.3 Å². The number of carbonyl (C=O) groups is 2. The quantitative estimate of drug-likeness (QED) is 0.307. The fourth-order valence-electron chi connectivity index (χ4n) is 1.75. The van der Waals surface area contributed by atoms with Gasteiger partial charge in [0.1, 0.15) is 13.2 Å². The van der Waals surface area contributed by atoms with Gasteiger partial charge < -0.3 is 9.47 Å². The summed E-state index contributed by atoms with van der Waals surface area (Å²) in [4.78, 5) is 77.8. The Hall–Kier alpha value is -4.32. The second-order valence-electron chi connectivity index (χ2n) is 4.59. The number of isocyanates is 4. The van der Waals surface area contributed by atoms with Crippen molar-refractivity contribution in [3.05, 3.63) is 35.4 Å². The maximum Gasteiger partial charge on any atom is 0.339 e. The molecule has 0 unspecified atom stereocenters. The van der Waals surface area contributed by atoms with Crippen LogP contribution in [0.15, 0.2) is 44.2 Å². The first-order chi connectivity index (χ1) is 13.6. The molecular weight excluding hydrogens is 376 g/mol. The summed E-state index contributed by atoms with van der Waals surface area (Å²) in [5.74, 6) is -1.98. The van der Waals surface area contributed by atoms with Gasteiger partial charge in [-0.3, -0.25) is 0 Å². The summed E-state index contributed by atoms with van der Waals surface area (Å²) in [5, 5.41) is 0. The van der Waals surface area contributed by atoms with Crippen molar-refractivity contribution in [3.63, 3.8) is 0 Å². The van der Waals surface area contributed by atoms with E-state index < -0.39 is 37.5 Å². The maximum absolute atomic E-state index is 12.2. The molecule has 12 nitrogen and oxygen atoms in total. The fraction of sp³-hybridized carbons (Fsp3) is 0.250. The second-order valence-corrected chi connectivity index (χ2v) is 4.59. The van der Waals surface area contributed by atoms with Gasteiger partial charge in [0.25, 0.3) is 0 Å². The molecule has 0 saturated carbocycles. The number of esters is 2. The van der Waals surface area contributed by atoms with Crippen LogP contribution in [0.5, 0.6) is 0 Å². The summed E-state index contributed by atoms with van der Waals surface area (Å²) in [6, 6.07) is 5.39. The molecule has 0 heterocycles. The number of carbonyl (C=O) groups excluding carboxylic acids is 6. The third-order valence-electron chi connectivity index (χ3n) is 2.90. The largest absolute Gasteiger partial charge is 0.458 e. The van der Waals surface area contributed by atoms with Crippen LogP contribution in [0.3, 0.4) is 0 Å². The van der Waals surface area contributed by atoms with Gasteiger partial charge in [0.15, 0.2) is 12.3 Å². The first-order valence-electron chi connectivity index (χ1n) is 7.28. The minimum Gasteiger partial charge on any atom is -0.458 e. The SMILES string of the molecule is O=C=NC(COC(=O)c1ccccc1C(=O)OCC(N=C=O)N=C=O)N=C=O. The second kappa shape index (κ2) is 12.1. The van der Waals surface area contributed by atoms with Gasteiger partial charge in [0.05, 0.1) is 11.1 Å². The highest BCUT2D eigenvalue weighted by Gasteiger charge is 2.21. The average molecular weight is 386 g/mol. The minimum atomic E-state index is -1.32. The maximum atomic E-state index is 12.2. The zero-order valence-electron chi connectivity index (χ0n) is 13.9. The molecule has 0 radical (unpaired) electrons. The lowest BCUT2D eigenvalue weighted by Crippen LogP contribution is -2.20. The average Bonchev–Trinajstić information content (AvgIpc) is 2.70. The van der Waals surface area contributed by atoms with Crippen molar-refractivity contribution in [3.8, 4) is 0 Å². The van der Waals surface area contributed by atoms with E-state index in [0.29, 0.717) is 0 Å². The Bertz CT molecular complexity index is 809. The summed E-state index contributed by atoms with van der Waals surface area (Å²) in [7, 11) is 0. The highest BCUT2D eigenvalue weighted by atomic mass is 16.5. The van der Waals surface area contributed by atoms with E-state index >= 15 is 0 Å². The number of aliphatic imine (C=N–C) groups is 4. The van der Waals surface area contributed by atoms with E-state index in [-0.39, 0.29) is 11.1 Å². The molecule has 1 aromatic carbocycles. The summed E-state index contributed by atoms with van der Waals surface area (Å²) >= 11 is 0. The summed E-state index contributed by atoms with van der Waals surface area (Å²) in [6.07, 6.45) is 2.00. The first-order valence-corrected chi connectivity index (χ1v) is 7.28. The molecule has 0 atom stereocenters. The third-order valence-corrected chi connectivity index (χ3v) is 2.90. The molecule has 0 saturated heterocycles. The molecule has 0 N–H and O–H groups in total. The van der Waals surface area contributed by atoms with Crippen LogP contribution in [0, 0.1) is 0 Å². The number of ether oxygens (including phenoxy) is 2. The number of nitrogens with zero attached hydrogens (tertiary/aromatic N) is 4. The molecule has 1 aromatic rings. The Labute approximate surface area is 156 Å². The van der Waals surface area contributed by atoms with E-state index in [0.717, 1.165) is 24.3 Å². The molecule has 142 valence electrons. The molecule has 0 spiro atoms. The van der Waals surface area contributed by atoms with Crippen molar-refractivity contribution in [2.24, 2.45) is 20.0 Å². The van der Waals surface area contributed by atoms with Crippen LogP contribution in [0.4, 0.5) is 0 Å². The van der Waals surface area contributed by atoms with E-state index in [4.69, 9.17) is 9.47 Å². The van der Waals surface area contributed by atoms with Crippen molar-refractivity contribution < 1.29 is 38.2 Å². The van der Waals surface area contributed by atoms with Crippen molar-refractivity contribution in [2.45, 2.75) is 12.3 Å². The minimum absolute atomic E-state index is 0.203. The Kier molecular flexibility index (Phi) is 9.39. The molecular formula is C16H10N4O8. The topological polar surface area (TPSA) is 170 Å². The van der Waals surface area contributed by atoms with Crippen molar-refractivity contribution in [2.75, 3.05) is 13.2 Å². The van der Waals surface area contributed by atoms with Crippen LogP contribution in [0.2, 0.25) is 0 Å². The van der Waals surface area contributed by atoms with Gasteiger partial charge in [-0.15, -0.1) is 0 Å². The smallest absolute Gasteiger partial charge is 0.339 e. The standard InChI is InChI=1S/C16H10N4O8/c21-7-17-13(18-8-22)5-27-15(25)11-3-1-2-4-12(11)16(26)28-6-14(19-9-23)20-10-24/h1-4,13-14H,5-6H2. The van der Waals surface area contributed by atoms with Crippen molar-refractivity contribution >= 4 is 36.3 Å². The summed E-state index contributed by atoms with van der Waals surface area (Å²) in [6.45, 7) is -1.15. The lowest BCUT2D eigenvalue weighted by atomic mass is 10.1. The Morgan fingerprint density at radius 2 is 1.04 bits per heavy atom. The molecule has 28 heavy (non-hydrogen) atoms. The lowest BCUT2D eigenvalue weighted by Gasteiger charge is -2.11. The van der Waals surface area contributed by atoms with Gasteiger partial charge in [0, 0.05) is 0 Å². The third kappa shape index (κ3) is 6.89. The predicted molar refractivity (Wildman–Crippen MR) is 87.1 cm³/mol.